The summed E-state index contributed by atoms with van der Waals surface area (Å²) in [4.78, 5) is 19.0. The lowest BCUT2D eigenvalue weighted by Gasteiger charge is -2.28. The summed E-state index contributed by atoms with van der Waals surface area (Å²) in [5.41, 5.74) is 3.49. The second-order valence-electron chi connectivity index (χ2n) is 4.98. The summed E-state index contributed by atoms with van der Waals surface area (Å²) in [6, 6.07) is 9.52. The first kappa shape index (κ1) is 12.6. The molecule has 0 bridgehead atoms. The second kappa shape index (κ2) is 4.93. The third-order valence-electron chi connectivity index (χ3n) is 3.73. The van der Waals surface area contributed by atoms with E-state index >= 15 is 0 Å². The van der Waals surface area contributed by atoms with Crippen molar-refractivity contribution in [2.45, 2.75) is 19.4 Å². The summed E-state index contributed by atoms with van der Waals surface area (Å²) < 4.78 is 0. The normalized spacial score (nSPS) is 20.8. The molecule has 0 amide bonds. The van der Waals surface area contributed by atoms with Crippen LogP contribution in [0.2, 0.25) is 0 Å². The SMILES string of the molecule is C=C[C@H]1CC(C(=O)c2ccccc2)=C2C=NC=C(C)N21. The minimum atomic E-state index is 0.0797. The average Bonchev–Trinajstić information content (AvgIpc) is 2.87. The van der Waals surface area contributed by atoms with E-state index in [9.17, 15) is 4.79 Å². The van der Waals surface area contributed by atoms with Gasteiger partial charge in [0.15, 0.2) is 5.78 Å². The highest BCUT2D eigenvalue weighted by Crippen LogP contribution is 2.35. The Bertz CT molecular complexity index is 653. The standard InChI is InChI=1S/C17H16N2O/c1-3-14-9-15(16-11-18-10-12(2)19(14)16)17(20)13-7-5-4-6-8-13/h3-8,10-11,14H,1,9H2,2H3/t14-/m0/s1. The van der Waals surface area contributed by atoms with Crippen molar-refractivity contribution in [2.75, 3.05) is 0 Å². The van der Waals surface area contributed by atoms with Crippen LogP contribution in [0, 0.1) is 0 Å². The zero-order valence-corrected chi connectivity index (χ0v) is 11.4. The molecule has 2 aliphatic rings. The van der Waals surface area contributed by atoms with Gasteiger partial charge in [0.2, 0.25) is 0 Å². The summed E-state index contributed by atoms with van der Waals surface area (Å²) in [5, 5.41) is 0. The van der Waals surface area contributed by atoms with Crippen LogP contribution < -0.4 is 0 Å². The predicted molar refractivity (Wildman–Crippen MR) is 80.5 cm³/mol. The zero-order valence-electron chi connectivity index (χ0n) is 11.4. The number of fused-ring (bicyclic) bond motifs is 1. The van der Waals surface area contributed by atoms with Crippen molar-refractivity contribution in [3.63, 3.8) is 0 Å². The van der Waals surface area contributed by atoms with Crippen molar-refractivity contribution >= 4 is 12.0 Å². The van der Waals surface area contributed by atoms with Crippen LogP contribution in [0.15, 0.2) is 71.1 Å². The Balaban J connectivity index is 2.03. The molecule has 0 aliphatic carbocycles. The maximum absolute atomic E-state index is 12.7. The average molecular weight is 264 g/mol. The third kappa shape index (κ3) is 1.92. The molecule has 0 radical (unpaired) electrons. The summed E-state index contributed by atoms with van der Waals surface area (Å²) in [6.07, 6.45) is 6.16. The highest BCUT2D eigenvalue weighted by molar-refractivity contribution is 6.12. The number of benzene rings is 1. The highest BCUT2D eigenvalue weighted by atomic mass is 16.1. The Morgan fingerprint density at radius 3 is 2.85 bits per heavy atom. The van der Waals surface area contributed by atoms with Gasteiger partial charge in [-0.2, -0.15) is 0 Å². The van der Waals surface area contributed by atoms with Gasteiger partial charge in [0.05, 0.1) is 18.0 Å². The van der Waals surface area contributed by atoms with Crippen LogP contribution in [0.1, 0.15) is 23.7 Å². The van der Waals surface area contributed by atoms with Crippen LogP contribution in [-0.2, 0) is 0 Å². The quantitative estimate of drug-likeness (QED) is 0.619. The van der Waals surface area contributed by atoms with Gasteiger partial charge in [0, 0.05) is 29.5 Å². The number of rotatable bonds is 3. The number of carbonyl (C=O) groups excluding carboxylic acids is 1. The number of hydrogen-bond acceptors (Lipinski definition) is 3. The summed E-state index contributed by atoms with van der Waals surface area (Å²) >= 11 is 0. The van der Waals surface area contributed by atoms with Crippen molar-refractivity contribution in [3.8, 4) is 0 Å². The molecule has 3 heteroatoms. The topological polar surface area (TPSA) is 32.7 Å². The number of aliphatic imine (C=N–C) groups is 1. The monoisotopic (exact) mass is 264 g/mol. The van der Waals surface area contributed by atoms with Crippen LogP contribution in [0.5, 0.6) is 0 Å². The molecule has 20 heavy (non-hydrogen) atoms. The molecule has 0 spiro atoms. The Kier molecular flexibility index (Phi) is 3.11. The molecule has 0 saturated heterocycles. The largest absolute Gasteiger partial charge is 0.335 e. The Labute approximate surface area is 118 Å². The molecule has 0 unspecified atom stereocenters. The van der Waals surface area contributed by atoms with Gasteiger partial charge in [0.25, 0.3) is 0 Å². The lowest BCUT2D eigenvalue weighted by molar-refractivity contribution is 0.103. The van der Waals surface area contributed by atoms with E-state index in [4.69, 9.17) is 0 Å². The fraction of sp³-hybridized carbons (Fsp3) is 0.176. The molecular weight excluding hydrogens is 248 g/mol. The maximum atomic E-state index is 12.7. The van der Waals surface area contributed by atoms with Crippen LogP contribution >= 0.6 is 0 Å². The van der Waals surface area contributed by atoms with Gasteiger partial charge in [-0.15, -0.1) is 6.58 Å². The van der Waals surface area contributed by atoms with E-state index in [0.29, 0.717) is 6.42 Å². The van der Waals surface area contributed by atoms with Crippen molar-refractivity contribution < 1.29 is 4.79 Å². The lowest BCUT2D eigenvalue weighted by Crippen LogP contribution is -2.28. The molecule has 3 rings (SSSR count). The van der Waals surface area contributed by atoms with E-state index in [-0.39, 0.29) is 11.8 Å². The molecule has 3 nitrogen and oxygen atoms in total. The van der Waals surface area contributed by atoms with E-state index in [1.165, 1.54) is 0 Å². The van der Waals surface area contributed by atoms with Gasteiger partial charge in [-0.25, -0.2) is 0 Å². The Hall–Kier alpha value is -2.42. The molecule has 100 valence electrons. The molecule has 1 aromatic carbocycles. The predicted octanol–water partition coefficient (Wildman–Crippen LogP) is 3.33. The molecular formula is C17H16N2O. The molecule has 1 aromatic rings. The number of carbonyl (C=O) groups is 1. The van der Waals surface area contributed by atoms with Crippen molar-refractivity contribution in [1.82, 2.24) is 4.90 Å². The van der Waals surface area contributed by atoms with Crippen LogP contribution in [0.3, 0.4) is 0 Å². The number of hydrogen-bond donors (Lipinski definition) is 0. The molecule has 0 N–H and O–H groups in total. The van der Waals surface area contributed by atoms with E-state index in [1.807, 2.05) is 49.5 Å². The molecule has 0 saturated carbocycles. The smallest absolute Gasteiger partial charge is 0.191 e. The maximum Gasteiger partial charge on any atom is 0.191 e. The number of Topliss-reactive ketones (excluding diaryl/α,β-unsaturated/α-hetero) is 1. The molecule has 2 heterocycles. The molecule has 1 atom stereocenters. The minimum Gasteiger partial charge on any atom is -0.335 e. The molecule has 2 aliphatic heterocycles. The van der Waals surface area contributed by atoms with Gasteiger partial charge < -0.3 is 4.90 Å². The lowest BCUT2D eigenvalue weighted by atomic mass is 9.99. The fourth-order valence-electron chi connectivity index (χ4n) is 2.76. The van der Waals surface area contributed by atoms with E-state index in [1.54, 1.807) is 6.21 Å². The summed E-state index contributed by atoms with van der Waals surface area (Å²) in [6.45, 7) is 5.89. The van der Waals surface area contributed by atoms with Crippen molar-refractivity contribution in [2.24, 2.45) is 4.99 Å². The van der Waals surface area contributed by atoms with Gasteiger partial charge in [-0.3, -0.25) is 9.79 Å². The van der Waals surface area contributed by atoms with Gasteiger partial charge in [-0.05, 0) is 6.92 Å². The summed E-state index contributed by atoms with van der Waals surface area (Å²) in [7, 11) is 0. The van der Waals surface area contributed by atoms with Gasteiger partial charge >= 0.3 is 0 Å². The first-order chi connectivity index (χ1) is 9.72. The highest BCUT2D eigenvalue weighted by Gasteiger charge is 2.34. The van der Waals surface area contributed by atoms with Crippen LogP contribution in [0.4, 0.5) is 0 Å². The summed E-state index contributed by atoms with van der Waals surface area (Å²) in [5.74, 6) is 0.0797. The third-order valence-corrected chi connectivity index (χ3v) is 3.73. The molecule has 0 aromatic heterocycles. The van der Waals surface area contributed by atoms with Crippen molar-refractivity contribution in [3.05, 3.63) is 71.7 Å². The minimum absolute atomic E-state index is 0.0797. The first-order valence-electron chi connectivity index (χ1n) is 6.67. The number of nitrogens with zero attached hydrogens (tertiary/aromatic N) is 2. The van der Waals surface area contributed by atoms with Crippen LogP contribution in [0.25, 0.3) is 0 Å². The number of allylic oxidation sites excluding steroid dienone is 2. The fourth-order valence-corrected chi connectivity index (χ4v) is 2.76. The zero-order chi connectivity index (χ0) is 14.1. The van der Waals surface area contributed by atoms with Gasteiger partial charge in [0.1, 0.15) is 0 Å². The number of ketones is 1. The Morgan fingerprint density at radius 2 is 2.15 bits per heavy atom. The second-order valence-corrected chi connectivity index (χ2v) is 4.98. The van der Waals surface area contributed by atoms with E-state index in [0.717, 1.165) is 22.5 Å². The van der Waals surface area contributed by atoms with Crippen LogP contribution in [-0.4, -0.2) is 22.9 Å². The Morgan fingerprint density at radius 1 is 1.40 bits per heavy atom. The molecule has 0 fully saturated rings. The van der Waals surface area contributed by atoms with E-state index < -0.39 is 0 Å². The first-order valence-corrected chi connectivity index (χ1v) is 6.67. The van der Waals surface area contributed by atoms with Gasteiger partial charge in [-0.1, -0.05) is 36.4 Å². The van der Waals surface area contributed by atoms with Crippen molar-refractivity contribution in [1.29, 1.82) is 0 Å². The van der Waals surface area contributed by atoms with E-state index in [2.05, 4.69) is 16.5 Å².